The van der Waals surface area contributed by atoms with Gasteiger partial charge in [-0.05, 0) is 36.3 Å². The number of hydrogen-bond donors (Lipinski definition) is 0. The summed E-state index contributed by atoms with van der Waals surface area (Å²) >= 11 is 6.45. The molecule has 0 amide bonds. The Labute approximate surface area is 194 Å². The highest BCUT2D eigenvalue weighted by molar-refractivity contribution is 6.41. The van der Waals surface area contributed by atoms with Gasteiger partial charge in [-0.25, -0.2) is 0 Å². The van der Waals surface area contributed by atoms with Gasteiger partial charge in [0.2, 0.25) is 0 Å². The Balaban J connectivity index is 1.63. The summed E-state index contributed by atoms with van der Waals surface area (Å²) < 4.78 is 11.5. The van der Waals surface area contributed by atoms with Crippen LogP contribution in [0.3, 0.4) is 0 Å². The minimum atomic E-state index is -0.478. The van der Waals surface area contributed by atoms with Crippen LogP contribution in [0.2, 0.25) is 5.02 Å². The molecule has 0 saturated heterocycles. The zero-order chi connectivity index (χ0) is 23.5. The Morgan fingerprint density at radius 3 is 2.30 bits per heavy atom. The maximum absolute atomic E-state index is 12.7. The van der Waals surface area contributed by atoms with Crippen LogP contribution in [-0.4, -0.2) is 23.1 Å². The summed E-state index contributed by atoms with van der Waals surface area (Å²) in [6.07, 6.45) is 1.49. The molecule has 0 spiro atoms. The number of benzene rings is 3. The smallest absolute Gasteiger partial charge is 0.269 e. The fourth-order valence-electron chi connectivity index (χ4n) is 3.56. The van der Waals surface area contributed by atoms with Crippen molar-refractivity contribution in [2.24, 2.45) is 0 Å². The third-order valence-electron chi connectivity index (χ3n) is 5.05. The van der Waals surface area contributed by atoms with E-state index in [4.69, 9.17) is 21.1 Å². The molecule has 166 valence electrons. The summed E-state index contributed by atoms with van der Waals surface area (Å²) in [4.78, 5) is 35.9. The molecule has 8 heteroatoms. The number of Topliss-reactive ketones (excluding diaryl/α,β-unsaturated/α-hetero) is 2. The molecule has 0 unspecified atom stereocenters. The fourth-order valence-corrected chi connectivity index (χ4v) is 3.83. The molecule has 1 aliphatic rings. The van der Waals surface area contributed by atoms with Gasteiger partial charge in [0.1, 0.15) is 6.61 Å². The SMILES string of the molecule is CCOc1cc(C=C2C(=O)c3ccccc3C2=O)cc(Cl)c1OCc1cccc([N+](=O)[O-])c1. The molecule has 4 rings (SSSR count). The number of non-ortho nitro benzene ring substituents is 1. The fraction of sp³-hybridized carbons (Fsp3) is 0.120. The van der Waals surface area contributed by atoms with Gasteiger partial charge in [-0.3, -0.25) is 19.7 Å². The molecular formula is C25H18ClNO6. The van der Waals surface area contributed by atoms with Gasteiger partial charge < -0.3 is 9.47 Å². The summed E-state index contributed by atoms with van der Waals surface area (Å²) in [6, 6.07) is 16.0. The zero-order valence-corrected chi connectivity index (χ0v) is 18.3. The topological polar surface area (TPSA) is 95.7 Å². The lowest BCUT2D eigenvalue weighted by molar-refractivity contribution is -0.384. The summed E-state index contributed by atoms with van der Waals surface area (Å²) in [5, 5.41) is 11.2. The first-order chi connectivity index (χ1) is 15.9. The highest BCUT2D eigenvalue weighted by atomic mass is 35.5. The molecule has 3 aromatic carbocycles. The van der Waals surface area contributed by atoms with Crippen LogP contribution >= 0.6 is 11.6 Å². The average Bonchev–Trinajstić information content (AvgIpc) is 3.04. The van der Waals surface area contributed by atoms with Crippen LogP contribution in [0.25, 0.3) is 6.08 Å². The minimum Gasteiger partial charge on any atom is -0.490 e. The first kappa shape index (κ1) is 22.2. The van der Waals surface area contributed by atoms with Gasteiger partial charge in [0.05, 0.1) is 22.1 Å². The van der Waals surface area contributed by atoms with Gasteiger partial charge in [0.25, 0.3) is 5.69 Å². The second kappa shape index (κ2) is 9.26. The maximum atomic E-state index is 12.7. The third kappa shape index (κ3) is 4.49. The van der Waals surface area contributed by atoms with E-state index in [1.807, 2.05) is 0 Å². The summed E-state index contributed by atoms with van der Waals surface area (Å²) in [5.74, 6) is -0.0800. The van der Waals surface area contributed by atoms with Gasteiger partial charge in [0, 0.05) is 23.3 Å². The normalized spacial score (nSPS) is 12.5. The number of allylic oxidation sites excluding steroid dienone is 1. The van der Waals surface area contributed by atoms with E-state index in [1.165, 1.54) is 18.2 Å². The maximum Gasteiger partial charge on any atom is 0.269 e. The molecule has 0 N–H and O–H groups in total. The van der Waals surface area contributed by atoms with Gasteiger partial charge in [-0.15, -0.1) is 0 Å². The number of ether oxygens (including phenoxy) is 2. The van der Waals surface area contributed by atoms with Crippen LogP contribution in [0.5, 0.6) is 11.5 Å². The van der Waals surface area contributed by atoms with Crippen molar-refractivity contribution in [2.45, 2.75) is 13.5 Å². The summed E-state index contributed by atoms with van der Waals surface area (Å²) in [7, 11) is 0. The van der Waals surface area contributed by atoms with Crippen molar-refractivity contribution >= 4 is 34.9 Å². The highest BCUT2D eigenvalue weighted by Crippen LogP contribution is 2.38. The van der Waals surface area contributed by atoms with Gasteiger partial charge in [-0.2, -0.15) is 0 Å². The van der Waals surface area contributed by atoms with Crippen molar-refractivity contribution < 1.29 is 24.0 Å². The standard InChI is InChI=1S/C25H18ClNO6/c1-2-32-22-13-16(11-20-23(28)18-8-3-4-9-19(18)24(20)29)12-21(26)25(22)33-14-15-6-5-7-17(10-15)27(30)31/h3-13H,2,14H2,1H3. The summed E-state index contributed by atoms with van der Waals surface area (Å²) in [5.41, 5.74) is 1.87. The Bertz CT molecular complexity index is 1280. The molecule has 0 aliphatic heterocycles. The second-order valence-corrected chi connectivity index (χ2v) is 7.65. The molecule has 0 atom stereocenters. The average molecular weight is 464 g/mol. The van der Waals surface area contributed by atoms with Crippen LogP contribution in [-0.2, 0) is 6.61 Å². The Hall–Kier alpha value is -3.97. The molecular weight excluding hydrogens is 446 g/mol. The number of nitrogens with zero attached hydrogens (tertiary/aromatic N) is 1. The second-order valence-electron chi connectivity index (χ2n) is 7.24. The lowest BCUT2D eigenvalue weighted by Gasteiger charge is -2.15. The van der Waals surface area contributed by atoms with Crippen molar-refractivity contribution in [2.75, 3.05) is 6.61 Å². The van der Waals surface area contributed by atoms with Crippen LogP contribution in [0, 0.1) is 10.1 Å². The number of nitro benzene ring substituents is 1. The minimum absolute atomic E-state index is 0.0359. The molecule has 0 saturated carbocycles. The quantitative estimate of drug-likeness (QED) is 0.193. The van der Waals surface area contributed by atoms with Crippen molar-refractivity contribution in [3.8, 4) is 11.5 Å². The molecule has 0 heterocycles. The Morgan fingerprint density at radius 1 is 0.970 bits per heavy atom. The van der Waals surface area contributed by atoms with Crippen molar-refractivity contribution in [3.63, 3.8) is 0 Å². The molecule has 3 aromatic rings. The largest absolute Gasteiger partial charge is 0.490 e. The first-order valence-electron chi connectivity index (χ1n) is 10.1. The van der Waals surface area contributed by atoms with Crippen LogP contribution < -0.4 is 9.47 Å². The molecule has 0 bridgehead atoms. The van der Waals surface area contributed by atoms with E-state index in [9.17, 15) is 19.7 Å². The van der Waals surface area contributed by atoms with E-state index in [1.54, 1.807) is 55.5 Å². The molecule has 33 heavy (non-hydrogen) atoms. The predicted octanol–water partition coefficient (Wildman–Crippen LogP) is 5.69. The number of halogens is 1. The van der Waals surface area contributed by atoms with Crippen LogP contribution in [0.4, 0.5) is 5.69 Å². The number of carbonyl (C=O) groups is 2. The van der Waals surface area contributed by atoms with Crippen LogP contribution in [0.1, 0.15) is 38.8 Å². The van der Waals surface area contributed by atoms with Gasteiger partial charge in [0.15, 0.2) is 23.1 Å². The van der Waals surface area contributed by atoms with Gasteiger partial charge in [-0.1, -0.05) is 48.0 Å². The number of nitro groups is 1. The van der Waals surface area contributed by atoms with E-state index in [-0.39, 0.29) is 40.2 Å². The van der Waals surface area contributed by atoms with Gasteiger partial charge >= 0.3 is 0 Å². The van der Waals surface area contributed by atoms with E-state index < -0.39 is 4.92 Å². The molecule has 0 radical (unpaired) electrons. The third-order valence-corrected chi connectivity index (χ3v) is 5.33. The molecule has 0 aromatic heterocycles. The number of hydrogen-bond acceptors (Lipinski definition) is 6. The number of ketones is 2. The molecule has 1 aliphatic carbocycles. The highest BCUT2D eigenvalue weighted by Gasteiger charge is 2.32. The van der Waals surface area contributed by atoms with E-state index >= 15 is 0 Å². The van der Waals surface area contributed by atoms with E-state index in [0.29, 0.717) is 34.6 Å². The van der Waals surface area contributed by atoms with Crippen molar-refractivity contribution in [1.29, 1.82) is 0 Å². The van der Waals surface area contributed by atoms with Crippen molar-refractivity contribution in [3.05, 3.63) is 104 Å². The number of carbonyl (C=O) groups excluding carboxylic acids is 2. The Morgan fingerprint density at radius 2 is 1.67 bits per heavy atom. The lowest BCUT2D eigenvalue weighted by Crippen LogP contribution is -2.03. The number of rotatable bonds is 7. The molecule has 0 fully saturated rings. The van der Waals surface area contributed by atoms with E-state index in [2.05, 4.69) is 0 Å². The number of fused-ring (bicyclic) bond motifs is 1. The van der Waals surface area contributed by atoms with Crippen molar-refractivity contribution in [1.82, 2.24) is 0 Å². The molecule has 7 nitrogen and oxygen atoms in total. The lowest BCUT2D eigenvalue weighted by atomic mass is 10.1. The predicted molar refractivity (Wildman–Crippen MR) is 123 cm³/mol. The van der Waals surface area contributed by atoms with Crippen LogP contribution in [0.15, 0.2) is 66.2 Å². The monoisotopic (exact) mass is 463 g/mol. The summed E-state index contributed by atoms with van der Waals surface area (Å²) in [6.45, 7) is 2.16. The first-order valence-corrected chi connectivity index (χ1v) is 10.5. The zero-order valence-electron chi connectivity index (χ0n) is 17.5. The Kier molecular flexibility index (Phi) is 6.24. The van der Waals surface area contributed by atoms with E-state index in [0.717, 1.165) is 0 Å².